The van der Waals surface area contributed by atoms with Crippen LogP contribution < -0.4 is 10.6 Å². The molecule has 2 amide bonds. The maximum atomic E-state index is 13.5. The Bertz CT molecular complexity index is 1560. The zero-order chi connectivity index (χ0) is 26.0. The summed E-state index contributed by atoms with van der Waals surface area (Å²) in [6.45, 7) is 0.260. The number of nitrogens with zero attached hydrogens (tertiary/aromatic N) is 5. The molecular formula is C24H19F3N8O2. The molecule has 1 aromatic carbocycles. The summed E-state index contributed by atoms with van der Waals surface area (Å²) >= 11 is 0. The molecule has 0 unspecified atom stereocenters. The second-order valence-corrected chi connectivity index (χ2v) is 8.10. The average molecular weight is 508 g/mol. The minimum atomic E-state index is -4.85. The van der Waals surface area contributed by atoms with E-state index in [0.29, 0.717) is 16.6 Å². The van der Waals surface area contributed by atoms with E-state index in [-0.39, 0.29) is 29.9 Å². The number of pyridine rings is 2. The third-order valence-corrected chi connectivity index (χ3v) is 5.55. The van der Waals surface area contributed by atoms with Gasteiger partial charge in [-0.25, -0.2) is 4.98 Å². The minimum Gasteiger partial charge on any atom is -0.351 e. The van der Waals surface area contributed by atoms with Gasteiger partial charge in [0.1, 0.15) is 5.82 Å². The number of para-hydroxylation sites is 2. The maximum absolute atomic E-state index is 13.5. The molecule has 4 heterocycles. The van der Waals surface area contributed by atoms with Crippen LogP contribution in [0.4, 0.5) is 13.2 Å². The minimum absolute atomic E-state index is 0.118. The maximum Gasteiger partial charge on any atom is 0.452 e. The summed E-state index contributed by atoms with van der Waals surface area (Å²) < 4.78 is 41.2. The highest BCUT2D eigenvalue weighted by Gasteiger charge is 2.38. The van der Waals surface area contributed by atoms with Crippen molar-refractivity contribution in [3.05, 3.63) is 89.4 Å². The van der Waals surface area contributed by atoms with E-state index in [0.717, 1.165) is 22.8 Å². The lowest BCUT2D eigenvalue weighted by Gasteiger charge is -2.11. The van der Waals surface area contributed by atoms with E-state index in [1.165, 1.54) is 6.07 Å². The Morgan fingerprint density at radius 1 is 1.00 bits per heavy atom. The van der Waals surface area contributed by atoms with Gasteiger partial charge >= 0.3 is 6.18 Å². The van der Waals surface area contributed by atoms with Crippen LogP contribution in [0.1, 0.15) is 37.9 Å². The van der Waals surface area contributed by atoms with E-state index in [1.54, 1.807) is 24.5 Å². The third-order valence-electron chi connectivity index (χ3n) is 5.55. The molecule has 0 spiro atoms. The highest BCUT2D eigenvalue weighted by Crippen LogP contribution is 2.29. The van der Waals surface area contributed by atoms with Gasteiger partial charge in [-0.1, -0.05) is 12.1 Å². The molecule has 0 atom stereocenters. The fraction of sp³-hybridized carbons (Fsp3) is 0.167. The Morgan fingerprint density at radius 2 is 1.78 bits per heavy atom. The van der Waals surface area contributed by atoms with Crippen LogP contribution >= 0.6 is 0 Å². The normalized spacial score (nSPS) is 11.6. The number of amides is 2. The Morgan fingerprint density at radius 3 is 2.54 bits per heavy atom. The molecule has 0 saturated heterocycles. The second-order valence-electron chi connectivity index (χ2n) is 8.10. The molecule has 0 aliphatic carbocycles. The molecule has 4 aromatic heterocycles. The average Bonchev–Trinajstić information content (AvgIpc) is 3.51. The van der Waals surface area contributed by atoms with Crippen molar-refractivity contribution in [3.63, 3.8) is 0 Å². The number of imidazole rings is 1. The Balaban J connectivity index is 1.38. The van der Waals surface area contributed by atoms with Crippen LogP contribution in [0.15, 0.2) is 61.1 Å². The molecule has 5 rings (SSSR count). The summed E-state index contributed by atoms with van der Waals surface area (Å²) in [6, 6.07) is 12.0. The van der Waals surface area contributed by atoms with Crippen LogP contribution in [0.25, 0.3) is 16.7 Å². The van der Waals surface area contributed by atoms with Gasteiger partial charge in [-0.3, -0.25) is 19.0 Å². The summed E-state index contributed by atoms with van der Waals surface area (Å²) in [7, 11) is 0. The van der Waals surface area contributed by atoms with Gasteiger partial charge in [0.2, 0.25) is 5.82 Å². The fourth-order valence-corrected chi connectivity index (χ4v) is 3.78. The molecular weight excluding hydrogens is 489 g/mol. The zero-order valence-electron chi connectivity index (χ0n) is 19.1. The standard InChI is InChI=1S/C24H19F3N8O2/c25-24(26,27)23-34-33-20-16(22(37)29-10-7-19-31-17-3-1-2-4-18(17)32-19)11-15(13-35(20)23)21(36)30-12-14-5-8-28-9-6-14/h1-6,8-9,11,13H,7,10,12H2,(H,29,37)(H,30,36)(H,31,32). The van der Waals surface area contributed by atoms with Gasteiger partial charge < -0.3 is 15.6 Å². The summed E-state index contributed by atoms with van der Waals surface area (Å²) in [5.74, 6) is -2.08. The summed E-state index contributed by atoms with van der Waals surface area (Å²) in [4.78, 5) is 37.2. The van der Waals surface area contributed by atoms with Crippen molar-refractivity contribution in [3.8, 4) is 0 Å². The Labute approximate surface area is 207 Å². The predicted molar refractivity (Wildman–Crippen MR) is 126 cm³/mol. The number of hydrogen-bond donors (Lipinski definition) is 3. The van der Waals surface area contributed by atoms with Crippen molar-refractivity contribution < 1.29 is 22.8 Å². The van der Waals surface area contributed by atoms with Crippen LogP contribution in [0.5, 0.6) is 0 Å². The number of hydrogen-bond acceptors (Lipinski definition) is 6. The van der Waals surface area contributed by atoms with Crippen LogP contribution in [-0.2, 0) is 19.1 Å². The fourth-order valence-electron chi connectivity index (χ4n) is 3.78. The quantitative estimate of drug-likeness (QED) is 0.310. The van der Waals surface area contributed by atoms with Gasteiger partial charge in [0.05, 0.1) is 22.2 Å². The number of benzene rings is 1. The molecule has 0 fully saturated rings. The van der Waals surface area contributed by atoms with Crippen LogP contribution in [-0.4, -0.2) is 47.9 Å². The number of aromatic amines is 1. The highest BCUT2D eigenvalue weighted by atomic mass is 19.4. The van der Waals surface area contributed by atoms with Gasteiger partial charge in [-0.05, 0) is 35.9 Å². The number of carbonyl (C=O) groups is 2. The topological polar surface area (TPSA) is 130 Å². The summed E-state index contributed by atoms with van der Waals surface area (Å²) in [5, 5.41) is 12.1. The van der Waals surface area contributed by atoms with Gasteiger partial charge in [0.15, 0.2) is 5.65 Å². The molecule has 3 N–H and O–H groups in total. The van der Waals surface area contributed by atoms with Crippen molar-refractivity contribution in [2.75, 3.05) is 6.54 Å². The van der Waals surface area contributed by atoms with Gasteiger partial charge in [-0.2, -0.15) is 13.2 Å². The van der Waals surface area contributed by atoms with Crippen LogP contribution in [0, 0.1) is 0 Å². The van der Waals surface area contributed by atoms with Crippen molar-refractivity contribution in [1.29, 1.82) is 0 Å². The molecule has 10 nitrogen and oxygen atoms in total. The first-order chi connectivity index (χ1) is 17.8. The van der Waals surface area contributed by atoms with Crippen molar-refractivity contribution in [1.82, 2.24) is 40.2 Å². The van der Waals surface area contributed by atoms with Crippen LogP contribution in [0.3, 0.4) is 0 Å². The summed E-state index contributed by atoms with van der Waals surface area (Å²) in [6.07, 6.45) is -0.433. The first-order valence-corrected chi connectivity index (χ1v) is 11.1. The monoisotopic (exact) mass is 508 g/mol. The molecule has 188 valence electrons. The number of carbonyl (C=O) groups excluding carboxylic acids is 2. The Kier molecular flexibility index (Phi) is 6.26. The molecule has 0 radical (unpaired) electrons. The lowest BCUT2D eigenvalue weighted by atomic mass is 10.1. The molecule has 0 aliphatic rings. The SMILES string of the molecule is O=C(NCc1ccncc1)c1cc(C(=O)NCCc2nc3ccccc3[nH]2)c2nnc(C(F)(F)F)n2c1. The molecule has 13 heteroatoms. The van der Waals surface area contributed by atoms with Crippen molar-refractivity contribution in [2.45, 2.75) is 19.1 Å². The van der Waals surface area contributed by atoms with Gasteiger partial charge in [0, 0.05) is 38.1 Å². The lowest BCUT2D eigenvalue weighted by Crippen LogP contribution is -2.28. The number of aromatic nitrogens is 6. The number of nitrogens with one attached hydrogen (secondary N) is 3. The Hall–Kier alpha value is -4.81. The molecule has 37 heavy (non-hydrogen) atoms. The van der Waals surface area contributed by atoms with Crippen molar-refractivity contribution in [2.24, 2.45) is 0 Å². The number of H-pyrrole nitrogens is 1. The van der Waals surface area contributed by atoms with E-state index in [4.69, 9.17) is 0 Å². The lowest BCUT2D eigenvalue weighted by molar-refractivity contribution is -0.145. The molecule has 0 saturated carbocycles. The van der Waals surface area contributed by atoms with Gasteiger partial charge in [-0.15, -0.1) is 10.2 Å². The van der Waals surface area contributed by atoms with E-state index >= 15 is 0 Å². The first kappa shape index (κ1) is 23.9. The van der Waals surface area contributed by atoms with E-state index in [1.807, 2.05) is 24.3 Å². The largest absolute Gasteiger partial charge is 0.452 e. The first-order valence-electron chi connectivity index (χ1n) is 11.1. The molecule has 5 aromatic rings. The highest BCUT2D eigenvalue weighted by molar-refractivity contribution is 6.03. The molecule has 0 bridgehead atoms. The van der Waals surface area contributed by atoms with E-state index in [2.05, 4.69) is 35.8 Å². The number of alkyl halides is 3. The number of fused-ring (bicyclic) bond motifs is 2. The third kappa shape index (κ3) is 5.10. The van der Waals surface area contributed by atoms with Crippen molar-refractivity contribution >= 4 is 28.5 Å². The predicted octanol–water partition coefficient (Wildman–Crippen LogP) is 2.92. The van der Waals surface area contributed by atoms with Crippen LogP contribution in [0.2, 0.25) is 0 Å². The molecule has 0 aliphatic heterocycles. The van der Waals surface area contributed by atoms with Gasteiger partial charge in [0.25, 0.3) is 11.8 Å². The number of rotatable bonds is 7. The van der Waals surface area contributed by atoms with E-state index in [9.17, 15) is 22.8 Å². The second kappa shape index (κ2) is 9.68. The zero-order valence-corrected chi connectivity index (χ0v) is 19.1. The van der Waals surface area contributed by atoms with E-state index < -0.39 is 23.8 Å². The summed E-state index contributed by atoms with van der Waals surface area (Å²) in [5.41, 5.74) is 1.67. The smallest absolute Gasteiger partial charge is 0.351 e. The number of halogens is 3.